The number of methoxy groups -OCH3 is 3. The Balaban J connectivity index is -0.000000857. The molecule has 0 N–H and O–H groups in total. The first-order valence-electron chi connectivity index (χ1n) is 28.1. The van der Waals surface area contributed by atoms with Gasteiger partial charge in [0.25, 0.3) is 0 Å². The molecular formula is C57H114O6. The molecule has 0 spiro atoms. The summed E-state index contributed by atoms with van der Waals surface area (Å²) in [4.78, 5) is 32.8. The minimum Gasteiger partial charge on any atom is -0.469 e. The van der Waals surface area contributed by atoms with E-state index in [0.717, 1.165) is 19.3 Å². The first kappa shape index (κ1) is 65.7. The molecule has 6 heteroatoms. The maximum Gasteiger partial charge on any atom is 0.305 e. The minimum atomic E-state index is -0.0651. The smallest absolute Gasteiger partial charge is 0.305 e. The lowest BCUT2D eigenvalue weighted by molar-refractivity contribution is -0.141. The predicted molar refractivity (Wildman–Crippen MR) is 275 cm³/mol. The summed E-state index contributed by atoms with van der Waals surface area (Å²) in [6, 6.07) is 0. The van der Waals surface area contributed by atoms with E-state index in [-0.39, 0.29) is 17.9 Å². The molecule has 0 aliphatic carbocycles. The lowest BCUT2D eigenvalue weighted by Gasteiger charge is -2.03. The molecule has 0 aromatic rings. The molecule has 0 bridgehead atoms. The number of hydrogen-bond donors (Lipinski definition) is 0. The summed E-state index contributed by atoms with van der Waals surface area (Å²) in [5.74, 6) is -0.195. The van der Waals surface area contributed by atoms with Crippen molar-refractivity contribution in [2.24, 2.45) is 0 Å². The Hall–Kier alpha value is -1.59. The Morgan fingerprint density at radius 1 is 0.206 bits per heavy atom. The lowest BCUT2D eigenvalue weighted by atomic mass is 10.0. The van der Waals surface area contributed by atoms with Gasteiger partial charge >= 0.3 is 17.9 Å². The summed E-state index contributed by atoms with van der Waals surface area (Å²) in [6.07, 6.45) is 62.8. The SMILES string of the molecule is CCCCCCCCCCCCCCCCCC(=O)OC.CCCCCCCCCCCCCCCCCC(=O)OC.CCCCCCCCCCCCCCCCCC(=O)OC. The molecule has 0 aliphatic rings. The molecule has 63 heavy (non-hydrogen) atoms. The van der Waals surface area contributed by atoms with Gasteiger partial charge in [0.15, 0.2) is 0 Å². The average molecular weight is 896 g/mol. The summed E-state index contributed by atoms with van der Waals surface area (Å²) in [6.45, 7) is 6.83. The molecule has 0 atom stereocenters. The first-order valence-corrected chi connectivity index (χ1v) is 28.1. The number of ether oxygens (including phenoxy) is 3. The molecular weight excluding hydrogens is 781 g/mol. The molecule has 0 saturated heterocycles. The van der Waals surface area contributed by atoms with E-state index in [4.69, 9.17) is 0 Å². The topological polar surface area (TPSA) is 78.9 Å². The van der Waals surface area contributed by atoms with E-state index in [2.05, 4.69) is 35.0 Å². The molecule has 0 aliphatic heterocycles. The van der Waals surface area contributed by atoms with Crippen molar-refractivity contribution in [1.82, 2.24) is 0 Å². The van der Waals surface area contributed by atoms with Gasteiger partial charge in [-0.1, -0.05) is 290 Å². The number of hydrogen-bond acceptors (Lipinski definition) is 6. The molecule has 0 rings (SSSR count). The number of rotatable bonds is 48. The second-order valence-corrected chi connectivity index (χ2v) is 18.8. The molecule has 0 aromatic heterocycles. The second-order valence-electron chi connectivity index (χ2n) is 18.8. The zero-order valence-electron chi connectivity index (χ0n) is 43.9. The Morgan fingerprint density at radius 3 is 0.429 bits per heavy atom. The number of carbonyl (C=O) groups is 3. The minimum absolute atomic E-state index is 0.0651. The fraction of sp³-hybridized carbons (Fsp3) is 0.947. The fourth-order valence-electron chi connectivity index (χ4n) is 8.23. The van der Waals surface area contributed by atoms with Gasteiger partial charge in [-0.3, -0.25) is 14.4 Å². The highest BCUT2D eigenvalue weighted by molar-refractivity contribution is 5.69. The van der Waals surface area contributed by atoms with Gasteiger partial charge in [0.1, 0.15) is 0 Å². The van der Waals surface area contributed by atoms with Crippen LogP contribution in [0.1, 0.15) is 329 Å². The molecule has 0 unspecified atom stereocenters. The van der Waals surface area contributed by atoms with E-state index < -0.39 is 0 Å². The Bertz CT molecular complexity index is 750. The van der Waals surface area contributed by atoms with Crippen molar-refractivity contribution in [1.29, 1.82) is 0 Å². The van der Waals surface area contributed by atoms with Gasteiger partial charge in [0.2, 0.25) is 0 Å². The molecule has 0 radical (unpaired) electrons. The predicted octanol–water partition coefficient (Wildman–Crippen LogP) is 19.3. The van der Waals surface area contributed by atoms with Crippen LogP contribution in [-0.2, 0) is 28.6 Å². The largest absolute Gasteiger partial charge is 0.469 e. The van der Waals surface area contributed by atoms with Gasteiger partial charge in [0, 0.05) is 19.3 Å². The Morgan fingerprint density at radius 2 is 0.317 bits per heavy atom. The fourth-order valence-corrected chi connectivity index (χ4v) is 8.23. The highest BCUT2D eigenvalue weighted by Gasteiger charge is 2.02. The Kier molecular flexibility index (Phi) is 65.2. The van der Waals surface area contributed by atoms with Crippen LogP contribution in [0.4, 0.5) is 0 Å². The quantitative estimate of drug-likeness (QED) is 0.0344. The summed E-state index contributed by atoms with van der Waals surface area (Å²) >= 11 is 0. The Labute approximate surface area is 395 Å². The lowest BCUT2D eigenvalue weighted by Crippen LogP contribution is -1.99. The van der Waals surface area contributed by atoms with Gasteiger partial charge < -0.3 is 14.2 Å². The summed E-state index contributed by atoms with van der Waals surface area (Å²) in [5.41, 5.74) is 0. The van der Waals surface area contributed by atoms with Crippen LogP contribution in [0.15, 0.2) is 0 Å². The van der Waals surface area contributed by atoms with Crippen LogP contribution in [0.5, 0.6) is 0 Å². The molecule has 0 saturated carbocycles. The van der Waals surface area contributed by atoms with Gasteiger partial charge in [-0.15, -0.1) is 0 Å². The number of carbonyl (C=O) groups excluding carboxylic acids is 3. The van der Waals surface area contributed by atoms with E-state index >= 15 is 0 Å². The van der Waals surface area contributed by atoms with E-state index in [9.17, 15) is 14.4 Å². The van der Waals surface area contributed by atoms with Crippen LogP contribution < -0.4 is 0 Å². The van der Waals surface area contributed by atoms with E-state index in [1.54, 1.807) is 0 Å². The summed E-state index contributed by atoms with van der Waals surface area (Å²) in [7, 11) is 4.40. The standard InChI is InChI=1S/3C19H38O2/c3*1-3-4-5-6-7-8-9-10-11-12-13-14-15-16-17-18-19(20)21-2/h3*3-18H2,1-2H3. The zero-order chi connectivity index (χ0) is 46.8. The molecule has 378 valence electrons. The van der Waals surface area contributed by atoms with Crippen molar-refractivity contribution < 1.29 is 28.6 Å². The van der Waals surface area contributed by atoms with E-state index in [0.29, 0.717) is 19.3 Å². The highest BCUT2D eigenvalue weighted by atomic mass is 16.5. The van der Waals surface area contributed by atoms with Gasteiger partial charge in [-0.2, -0.15) is 0 Å². The third-order valence-corrected chi connectivity index (χ3v) is 12.6. The first-order chi connectivity index (χ1) is 30.9. The van der Waals surface area contributed by atoms with Gasteiger partial charge in [-0.05, 0) is 19.3 Å². The normalized spacial score (nSPS) is 10.8. The molecule has 0 fully saturated rings. The van der Waals surface area contributed by atoms with Crippen molar-refractivity contribution >= 4 is 17.9 Å². The number of esters is 3. The molecule has 0 amide bonds. The third-order valence-electron chi connectivity index (χ3n) is 12.6. The molecule has 6 nitrogen and oxygen atoms in total. The van der Waals surface area contributed by atoms with E-state index in [1.807, 2.05) is 0 Å². The maximum absolute atomic E-state index is 10.9. The van der Waals surface area contributed by atoms with Crippen molar-refractivity contribution in [2.45, 2.75) is 329 Å². The highest BCUT2D eigenvalue weighted by Crippen LogP contribution is 2.17. The summed E-state index contributed by atoms with van der Waals surface area (Å²) < 4.78 is 13.9. The maximum atomic E-state index is 10.9. The van der Waals surface area contributed by atoms with Crippen LogP contribution in [0, 0.1) is 0 Å². The van der Waals surface area contributed by atoms with Crippen LogP contribution in [-0.4, -0.2) is 39.2 Å². The van der Waals surface area contributed by atoms with Crippen molar-refractivity contribution in [3.8, 4) is 0 Å². The van der Waals surface area contributed by atoms with Crippen LogP contribution in [0.2, 0.25) is 0 Å². The van der Waals surface area contributed by atoms with Crippen molar-refractivity contribution in [3.63, 3.8) is 0 Å². The van der Waals surface area contributed by atoms with Crippen LogP contribution in [0.25, 0.3) is 0 Å². The van der Waals surface area contributed by atoms with Crippen LogP contribution >= 0.6 is 0 Å². The molecule has 0 heterocycles. The zero-order valence-corrected chi connectivity index (χ0v) is 43.9. The van der Waals surface area contributed by atoms with Gasteiger partial charge in [-0.25, -0.2) is 0 Å². The van der Waals surface area contributed by atoms with Gasteiger partial charge in [0.05, 0.1) is 21.3 Å². The van der Waals surface area contributed by atoms with E-state index in [1.165, 1.54) is 291 Å². The third kappa shape index (κ3) is 67.1. The average Bonchev–Trinajstić information content (AvgIpc) is 3.30. The monoisotopic (exact) mass is 895 g/mol. The second kappa shape index (κ2) is 62.5. The van der Waals surface area contributed by atoms with Crippen molar-refractivity contribution in [2.75, 3.05) is 21.3 Å². The number of unbranched alkanes of at least 4 members (excludes halogenated alkanes) is 42. The van der Waals surface area contributed by atoms with Crippen molar-refractivity contribution in [3.05, 3.63) is 0 Å². The van der Waals surface area contributed by atoms with Crippen LogP contribution in [0.3, 0.4) is 0 Å². The summed E-state index contributed by atoms with van der Waals surface area (Å²) in [5, 5.41) is 0. The molecule has 0 aromatic carbocycles.